The summed E-state index contributed by atoms with van der Waals surface area (Å²) in [5.74, 6) is -0.679. The number of halogens is 1. The molecule has 26 heavy (non-hydrogen) atoms. The van der Waals surface area contributed by atoms with E-state index in [1.807, 2.05) is 51.7 Å². The SMILES string of the molecule is C=C(C)N(CCCC(=O)OC)c1ccc(Br)cc1C(=O)OC.CC.CC. The number of esters is 2. The summed E-state index contributed by atoms with van der Waals surface area (Å²) in [4.78, 5) is 25.1. The first kappa shape index (κ1) is 26.4. The second kappa shape index (κ2) is 15.4. The van der Waals surface area contributed by atoms with Crippen LogP contribution < -0.4 is 4.90 Å². The molecule has 0 heterocycles. The van der Waals surface area contributed by atoms with E-state index in [1.54, 1.807) is 6.07 Å². The van der Waals surface area contributed by atoms with Crippen LogP contribution in [-0.2, 0) is 14.3 Å². The van der Waals surface area contributed by atoms with E-state index in [0.717, 1.165) is 10.2 Å². The summed E-state index contributed by atoms with van der Waals surface area (Å²) in [5.41, 5.74) is 1.92. The lowest BCUT2D eigenvalue weighted by atomic mass is 10.1. The maximum absolute atomic E-state index is 12.0. The molecule has 0 atom stereocenters. The van der Waals surface area contributed by atoms with Gasteiger partial charge in [0.15, 0.2) is 0 Å². The van der Waals surface area contributed by atoms with Crippen molar-refractivity contribution in [1.29, 1.82) is 0 Å². The predicted molar refractivity (Wildman–Crippen MR) is 112 cm³/mol. The molecular weight excluding hydrogens is 398 g/mol. The van der Waals surface area contributed by atoms with Crippen molar-refractivity contribution < 1.29 is 19.1 Å². The monoisotopic (exact) mass is 429 g/mol. The van der Waals surface area contributed by atoms with E-state index in [2.05, 4.69) is 27.2 Å². The van der Waals surface area contributed by atoms with Crippen LogP contribution in [0.1, 0.15) is 57.8 Å². The molecule has 148 valence electrons. The molecule has 0 aliphatic carbocycles. The summed E-state index contributed by atoms with van der Waals surface area (Å²) in [6, 6.07) is 5.37. The Balaban J connectivity index is 0. The van der Waals surface area contributed by atoms with E-state index in [1.165, 1.54) is 14.2 Å². The normalized spacial score (nSPS) is 8.92. The molecule has 0 fully saturated rings. The van der Waals surface area contributed by atoms with Gasteiger partial charge >= 0.3 is 11.9 Å². The zero-order valence-electron chi connectivity index (χ0n) is 17.0. The van der Waals surface area contributed by atoms with Crippen LogP contribution in [0, 0.1) is 0 Å². The molecule has 6 heteroatoms. The number of anilines is 1. The molecule has 5 nitrogen and oxygen atoms in total. The Labute approximate surface area is 166 Å². The number of carbonyl (C=O) groups is 2. The maximum Gasteiger partial charge on any atom is 0.340 e. The van der Waals surface area contributed by atoms with Crippen LogP contribution >= 0.6 is 15.9 Å². The smallest absolute Gasteiger partial charge is 0.340 e. The highest BCUT2D eigenvalue weighted by Gasteiger charge is 2.18. The fraction of sp³-hybridized carbons (Fsp3) is 0.500. The lowest BCUT2D eigenvalue weighted by molar-refractivity contribution is -0.140. The van der Waals surface area contributed by atoms with Gasteiger partial charge in [-0.05, 0) is 31.5 Å². The minimum atomic E-state index is -0.421. The maximum atomic E-state index is 12.0. The van der Waals surface area contributed by atoms with Crippen LogP contribution in [-0.4, -0.2) is 32.7 Å². The summed E-state index contributed by atoms with van der Waals surface area (Å²) < 4.78 is 10.2. The number of nitrogens with zero attached hydrogens (tertiary/aromatic N) is 1. The molecule has 0 bridgehead atoms. The van der Waals surface area contributed by atoms with Gasteiger partial charge in [0.25, 0.3) is 0 Å². The van der Waals surface area contributed by atoms with Gasteiger partial charge in [-0.25, -0.2) is 4.79 Å². The molecule has 1 aromatic rings. The van der Waals surface area contributed by atoms with Gasteiger partial charge in [-0.1, -0.05) is 50.2 Å². The number of hydrogen-bond donors (Lipinski definition) is 0. The minimum absolute atomic E-state index is 0.259. The number of ether oxygens (including phenoxy) is 2. The van der Waals surface area contributed by atoms with Crippen molar-refractivity contribution in [3.8, 4) is 0 Å². The Morgan fingerprint density at radius 2 is 1.69 bits per heavy atom. The molecule has 0 unspecified atom stereocenters. The Bertz CT molecular complexity index is 573. The van der Waals surface area contributed by atoms with Crippen molar-refractivity contribution in [2.75, 3.05) is 25.7 Å². The average Bonchev–Trinajstić information content (AvgIpc) is 2.67. The molecule has 1 aromatic carbocycles. The van der Waals surface area contributed by atoms with E-state index in [4.69, 9.17) is 4.74 Å². The number of carbonyl (C=O) groups excluding carboxylic acids is 2. The molecule has 0 N–H and O–H groups in total. The second-order valence-electron chi connectivity index (χ2n) is 4.72. The lowest BCUT2D eigenvalue weighted by Crippen LogP contribution is -2.25. The average molecular weight is 430 g/mol. The van der Waals surface area contributed by atoms with Crippen molar-refractivity contribution in [2.45, 2.75) is 47.5 Å². The molecule has 0 saturated carbocycles. The largest absolute Gasteiger partial charge is 0.469 e. The van der Waals surface area contributed by atoms with Gasteiger partial charge < -0.3 is 14.4 Å². The van der Waals surface area contributed by atoms with Gasteiger partial charge in [-0.3, -0.25) is 4.79 Å². The summed E-state index contributed by atoms with van der Waals surface area (Å²) >= 11 is 3.35. The Morgan fingerprint density at radius 1 is 1.12 bits per heavy atom. The van der Waals surface area contributed by atoms with Gasteiger partial charge in [-0.15, -0.1) is 0 Å². The highest BCUT2D eigenvalue weighted by molar-refractivity contribution is 9.10. The predicted octanol–water partition coefficient (Wildman–Crippen LogP) is 5.58. The standard InChI is InChI=1S/C16H20BrNO4.2C2H6/c1-11(2)18(9-5-6-15(19)21-3)14-8-7-12(17)10-13(14)16(20)22-4;2*1-2/h7-8,10H,1,5-6,9H2,2-4H3;2*1-2H3. The quantitative estimate of drug-likeness (QED) is 0.529. The summed E-state index contributed by atoms with van der Waals surface area (Å²) in [5, 5.41) is 0. The first-order valence-corrected chi connectivity index (χ1v) is 9.57. The molecule has 0 radical (unpaired) electrons. The molecular formula is C20H32BrNO4. The highest BCUT2D eigenvalue weighted by Crippen LogP contribution is 2.28. The van der Waals surface area contributed by atoms with E-state index in [9.17, 15) is 9.59 Å². The van der Waals surface area contributed by atoms with Gasteiger partial charge in [0.2, 0.25) is 0 Å². The van der Waals surface area contributed by atoms with Gasteiger partial charge in [-0.2, -0.15) is 0 Å². The Morgan fingerprint density at radius 3 is 2.15 bits per heavy atom. The molecule has 0 spiro atoms. The first-order valence-electron chi connectivity index (χ1n) is 8.78. The molecule has 0 amide bonds. The van der Waals surface area contributed by atoms with Crippen molar-refractivity contribution in [3.05, 3.63) is 40.5 Å². The Kier molecular flexibility index (Phi) is 15.7. The fourth-order valence-corrected chi connectivity index (χ4v) is 2.38. The molecule has 0 aliphatic rings. The lowest BCUT2D eigenvalue weighted by Gasteiger charge is -2.26. The highest BCUT2D eigenvalue weighted by atomic mass is 79.9. The number of hydrogen-bond acceptors (Lipinski definition) is 5. The van der Waals surface area contributed by atoms with Crippen LogP contribution in [0.3, 0.4) is 0 Å². The number of methoxy groups -OCH3 is 2. The number of rotatable bonds is 7. The number of allylic oxidation sites excluding steroid dienone is 1. The van der Waals surface area contributed by atoms with Gasteiger partial charge in [0.05, 0.1) is 25.5 Å². The summed E-state index contributed by atoms with van der Waals surface area (Å²) in [6.07, 6.45) is 0.903. The zero-order chi connectivity index (χ0) is 20.7. The topological polar surface area (TPSA) is 55.8 Å². The van der Waals surface area contributed by atoms with E-state index in [0.29, 0.717) is 30.6 Å². The zero-order valence-corrected chi connectivity index (χ0v) is 18.6. The van der Waals surface area contributed by atoms with Crippen molar-refractivity contribution >= 4 is 33.6 Å². The van der Waals surface area contributed by atoms with Crippen LogP contribution in [0.2, 0.25) is 0 Å². The fourth-order valence-electron chi connectivity index (χ4n) is 2.02. The van der Waals surface area contributed by atoms with Gasteiger partial charge in [0, 0.05) is 23.1 Å². The van der Waals surface area contributed by atoms with Gasteiger partial charge in [0.1, 0.15) is 0 Å². The Hall–Kier alpha value is -1.82. The summed E-state index contributed by atoms with van der Waals surface area (Å²) in [7, 11) is 2.71. The van der Waals surface area contributed by atoms with E-state index in [-0.39, 0.29) is 5.97 Å². The van der Waals surface area contributed by atoms with Crippen molar-refractivity contribution in [3.63, 3.8) is 0 Å². The third-order valence-electron chi connectivity index (χ3n) is 3.11. The van der Waals surface area contributed by atoms with E-state index < -0.39 is 5.97 Å². The number of benzene rings is 1. The molecule has 1 rings (SSSR count). The summed E-state index contributed by atoms with van der Waals surface area (Å²) in [6.45, 7) is 14.3. The van der Waals surface area contributed by atoms with Crippen molar-refractivity contribution in [1.82, 2.24) is 0 Å². The second-order valence-corrected chi connectivity index (χ2v) is 5.64. The van der Waals surface area contributed by atoms with Crippen molar-refractivity contribution in [2.24, 2.45) is 0 Å². The van der Waals surface area contributed by atoms with Crippen LogP contribution in [0.25, 0.3) is 0 Å². The van der Waals surface area contributed by atoms with Crippen LogP contribution in [0.15, 0.2) is 34.9 Å². The van der Waals surface area contributed by atoms with Crippen LogP contribution in [0.4, 0.5) is 5.69 Å². The minimum Gasteiger partial charge on any atom is -0.469 e. The molecule has 0 aromatic heterocycles. The van der Waals surface area contributed by atoms with Crippen LogP contribution in [0.5, 0.6) is 0 Å². The van der Waals surface area contributed by atoms with E-state index >= 15 is 0 Å². The third-order valence-corrected chi connectivity index (χ3v) is 3.60. The first-order chi connectivity index (χ1) is 12.4. The molecule has 0 saturated heterocycles. The third kappa shape index (κ3) is 9.04. The molecule has 0 aliphatic heterocycles.